The van der Waals surface area contributed by atoms with E-state index in [4.69, 9.17) is 23.2 Å². The van der Waals surface area contributed by atoms with Gasteiger partial charge in [0.2, 0.25) is 10.0 Å². The normalized spacial score (nSPS) is 14.3. The van der Waals surface area contributed by atoms with E-state index < -0.39 is 10.0 Å². The number of nitrogens with zero attached hydrogens (tertiary/aromatic N) is 5. The largest absolute Gasteiger partial charge is 0.382 e. The van der Waals surface area contributed by atoms with E-state index in [0.717, 1.165) is 27.6 Å². The highest BCUT2D eigenvalue weighted by atomic mass is 35.5. The summed E-state index contributed by atoms with van der Waals surface area (Å²) in [5.74, 6) is 0. The Morgan fingerprint density at radius 2 is 1.72 bits per heavy atom. The molecule has 1 aliphatic heterocycles. The highest BCUT2D eigenvalue weighted by Crippen LogP contribution is 2.33. The van der Waals surface area contributed by atoms with Crippen LogP contribution < -0.4 is 5.32 Å². The molecular weight excluding hydrogens is 603 g/mol. The van der Waals surface area contributed by atoms with E-state index in [0.29, 0.717) is 31.5 Å². The summed E-state index contributed by atoms with van der Waals surface area (Å²) in [6.45, 7) is 10.8. The maximum Gasteiger partial charge on any atom is 0.246 e. The molecule has 0 spiro atoms. The number of hydrogen-bond donors (Lipinski definition) is 1. The van der Waals surface area contributed by atoms with Gasteiger partial charge >= 0.3 is 0 Å². The molecule has 0 amide bonds. The standard InChI is InChI=1S/C26H21Cl2N5O2S.C6H15N/c27-25-5-4-24(26(28)32-25)36(34,35)33-10-7-21(8-11-33)31-23-14-20(13-19-6-9-30-16-22(19)23)18-3-1-2-17(12-18)15-29;1-4-7(5-2)6-3/h1-6,9,12-14,16,21,31H,7-8,10-11H2;4-6H2,1-3H3. The first-order chi connectivity index (χ1) is 20.7. The second-order valence-corrected chi connectivity index (χ2v) is 12.8. The predicted molar refractivity (Wildman–Crippen MR) is 175 cm³/mol. The lowest BCUT2D eigenvalue weighted by Gasteiger charge is -2.32. The molecule has 0 atom stereocenters. The monoisotopic (exact) mass is 638 g/mol. The van der Waals surface area contributed by atoms with Crippen LogP contribution in [0, 0.1) is 11.3 Å². The number of anilines is 1. The maximum absolute atomic E-state index is 13.1. The zero-order valence-electron chi connectivity index (χ0n) is 24.6. The number of benzene rings is 2. The van der Waals surface area contributed by atoms with Gasteiger partial charge < -0.3 is 10.2 Å². The fourth-order valence-corrected chi connectivity index (χ4v) is 7.22. The van der Waals surface area contributed by atoms with E-state index in [1.165, 1.54) is 36.1 Å². The van der Waals surface area contributed by atoms with Crippen LogP contribution in [0.4, 0.5) is 5.69 Å². The van der Waals surface area contributed by atoms with E-state index >= 15 is 0 Å². The molecule has 4 aromatic rings. The molecule has 0 radical (unpaired) electrons. The zero-order valence-corrected chi connectivity index (χ0v) is 26.9. The van der Waals surface area contributed by atoms with Gasteiger partial charge in [0.1, 0.15) is 10.0 Å². The van der Waals surface area contributed by atoms with E-state index in [9.17, 15) is 13.7 Å². The summed E-state index contributed by atoms with van der Waals surface area (Å²) in [6.07, 6.45) is 4.81. The Labute approximate surface area is 264 Å². The maximum atomic E-state index is 13.1. The van der Waals surface area contributed by atoms with Crippen LogP contribution in [0.5, 0.6) is 0 Å². The molecule has 1 fully saturated rings. The van der Waals surface area contributed by atoms with Crippen molar-refractivity contribution in [2.24, 2.45) is 0 Å². The van der Waals surface area contributed by atoms with Crippen molar-refractivity contribution < 1.29 is 8.42 Å². The molecule has 2 aromatic carbocycles. The van der Waals surface area contributed by atoms with E-state index in [2.05, 4.69) is 59.2 Å². The van der Waals surface area contributed by atoms with Crippen LogP contribution in [-0.2, 0) is 10.0 Å². The molecule has 0 unspecified atom stereocenters. The summed E-state index contributed by atoms with van der Waals surface area (Å²) in [4.78, 5) is 10.5. The summed E-state index contributed by atoms with van der Waals surface area (Å²) in [5, 5.41) is 14.9. The molecule has 3 heterocycles. The minimum Gasteiger partial charge on any atom is -0.382 e. The predicted octanol–water partition coefficient (Wildman–Crippen LogP) is 7.09. The lowest BCUT2D eigenvalue weighted by Crippen LogP contribution is -2.42. The van der Waals surface area contributed by atoms with Crippen molar-refractivity contribution >= 4 is 49.7 Å². The van der Waals surface area contributed by atoms with Gasteiger partial charge in [-0.15, -0.1) is 0 Å². The first-order valence-electron chi connectivity index (χ1n) is 14.4. The molecule has 1 N–H and O–H groups in total. The van der Waals surface area contributed by atoms with Gasteiger partial charge in [-0.1, -0.05) is 56.1 Å². The molecule has 43 heavy (non-hydrogen) atoms. The second-order valence-electron chi connectivity index (χ2n) is 10.2. The van der Waals surface area contributed by atoms with Crippen LogP contribution in [0.3, 0.4) is 0 Å². The molecule has 1 aliphatic rings. The minimum atomic E-state index is -3.77. The van der Waals surface area contributed by atoms with Crippen molar-refractivity contribution in [3.05, 3.63) is 82.9 Å². The molecule has 2 aromatic heterocycles. The fraction of sp³-hybridized carbons (Fsp3) is 0.344. The Bertz CT molecular complexity index is 1690. The Morgan fingerprint density at radius 3 is 2.35 bits per heavy atom. The number of sulfonamides is 1. The molecule has 8 nitrogen and oxygen atoms in total. The van der Waals surface area contributed by atoms with Gasteiger partial charge in [-0.2, -0.15) is 9.57 Å². The van der Waals surface area contributed by atoms with Crippen LogP contribution >= 0.6 is 23.2 Å². The number of halogens is 2. The Balaban J connectivity index is 0.000000541. The molecule has 0 aliphatic carbocycles. The molecule has 1 saturated heterocycles. The number of piperidine rings is 1. The van der Waals surface area contributed by atoms with Crippen LogP contribution in [-0.4, -0.2) is 66.4 Å². The Kier molecular flexibility index (Phi) is 11.4. The number of fused-ring (bicyclic) bond motifs is 1. The first-order valence-corrected chi connectivity index (χ1v) is 16.6. The van der Waals surface area contributed by atoms with Gasteiger partial charge in [-0.25, -0.2) is 13.4 Å². The minimum absolute atomic E-state index is 0.0376. The van der Waals surface area contributed by atoms with Gasteiger partial charge in [0.05, 0.1) is 11.6 Å². The van der Waals surface area contributed by atoms with E-state index in [-0.39, 0.29) is 21.2 Å². The van der Waals surface area contributed by atoms with Crippen molar-refractivity contribution in [3.63, 3.8) is 0 Å². The number of nitriles is 1. The average molecular weight is 640 g/mol. The third kappa shape index (κ3) is 8.02. The summed E-state index contributed by atoms with van der Waals surface area (Å²) in [5.41, 5.74) is 3.45. The first kappa shape index (κ1) is 32.6. The number of rotatable bonds is 8. The van der Waals surface area contributed by atoms with Crippen LogP contribution in [0.15, 0.2) is 71.9 Å². The summed E-state index contributed by atoms with van der Waals surface area (Å²) < 4.78 is 27.7. The Hall–Kier alpha value is -3.26. The van der Waals surface area contributed by atoms with Gasteiger partial charge in [0.25, 0.3) is 0 Å². The smallest absolute Gasteiger partial charge is 0.246 e. The van der Waals surface area contributed by atoms with Crippen molar-refractivity contribution in [2.45, 2.75) is 44.6 Å². The lowest BCUT2D eigenvalue weighted by molar-refractivity contribution is 0.321. The third-order valence-corrected chi connectivity index (χ3v) is 10.2. The van der Waals surface area contributed by atoms with E-state index in [1.54, 1.807) is 12.3 Å². The van der Waals surface area contributed by atoms with Crippen molar-refractivity contribution in [1.82, 2.24) is 19.2 Å². The third-order valence-electron chi connectivity index (χ3n) is 7.63. The van der Waals surface area contributed by atoms with Gasteiger partial charge in [-0.05, 0) is 91.5 Å². The van der Waals surface area contributed by atoms with Gasteiger partial charge in [0, 0.05) is 42.6 Å². The van der Waals surface area contributed by atoms with Crippen molar-refractivity contribution in [1.29, 1.82) is 5.26 Å². The molecule has 5 rings (SSSR count). The van der Waals surface area contributed by atoms with E-state index in [1.807, 2.05) is 30.5 Å². The van der Waals surface area contributed by atoms with Crippen LogP contribution in [0.1, 0.15) is 39.2 Å². The molecule has 0 bridgehead atoms. The lowest BCUT2D eigenvalue weighted by atomic mass is 9.98. The number of hydrogen-bond acceptors (Lipinski definition) is 7. The molecule has 0 saturated carbocycles. The molecular formula is C32H36Cl2N6O2S. The summed E-state index contributed by atoms with van der Waals surface area (Å²) >= 11 is 11.9. The highest BCUT2D eigenvalue weighted by Gasteiger charge is 2.31. The Morgan fingerprint density at radius 1 is 1.00 bits per heavy atom. The van der Waals surface area contributed by atoms with Gasteiger partial charge in [-0.3, -0.25) is 4.98 Å². The number of nitrogens with one attached hydrogen (secondary N) is 1. The average Bonchev–Trinajstić information content (AvgIpc) is 3.02. The highest BCUT2D eigenvalue weighted by molar-refractivity contribution is 7.89. The summed E-state index contributed by atoms with van der Waals surface area (Å²) in [6, 6.07) is 18.7. The van der Waals surface area contributed by atoms with Crippen LogP contribution in [0.25, 0.3) is 21.9 Å². The number of aromatic nitrogens is 2. The van der Waals surface area contributed by atoms with Crippen molar-refractivity contribution in [3.8, 4) is 17.2 Å². The number of pyridine rings is 2. The fourth-order valence-electron chi connectivity index (χ4n) is 5.12. The van der Waals surface area contributed by atoms with Crippen LogP contribution in [0.2, 0.25) is 10.3 Å². The molecule has 11 heteroatoms. The quantitative estimate of drug-likeness (QED) is 0.206. The van der Waals surface area contributed by atoms with Gasteiger partial charge in [0.15, 0.2) is 5.15 Å². The zero-order chi connectivity index (χ0) is 31.0. The topological polar surface area (TPSA) is 102 Å². The summed E-state index contributed by atoms with van der Waals surface area (Å²) in [7, 11) is -3.77. The van der Waals surface area contributed by atoms with Crippen molar-refractivity contribution in [2.75, 3.05) is 38.0 Å². The molecule has 226 valence electrons. The SMILES string of the molecule is CCN(CC)CC.N#Cc1cccc(-c2cc(NC3CCN(S(=O)(=O)c4ccc(Cl)nc4Cl)CC3)c3cnccc3c2)c1. The second kappa shape index (κ2) is 15.0.